The van der Waals surface area contributed by atoms with Crippen LogP contribution in [-0.4, -0.2) is 16.2 Å². The SMILES string of the molecule is O=C(O)Oc1ncccc1CCCCCC1CCCCC1. The highest BCUT2D eigenvalue weighted by atomic mass is 16.7. The molecule has 1 aromatic heterocycles. The van der Waals surface area contributed by atoms with Crippen LogP contribution in [0.2, 0.25) is 0 Å². The van der Waals surface area contributed by atoms with Gasteiger partial charge in [-0.25, -0.2) is 9.78 Å². The third-order valence-corrected chi connectivity index (χ3v) is 4.32. The summed E-state index contributed by atoms with van der Waals surface area (Å²) in [5.41, 5.74) is 0.887. The molecule has 2 rings (SSSR count). The van der Waals surface area contributed by atoms with Crippen LogP contribution in [0.4, 0.5) is 4.79 Å². The molecule has 1 fully saturated rings. The molecule has 1 aromatic rings. The number of aromatic nitrogens is 1. The van der Waals surface area contributed by atoms with E-state index < -0.39 is 6.16 Å². The summed E-state index contributed by atoms with van der Waals surface area (Å²) in [6.07, 6.45) is 13.1. The molecule has 1 aliphatic rings. The first-order valence-electron chi connectivity index (χ1n) is 8.10. The van der Waals surface area contributed by atoms with Crippen LogP contribution >= 0.6 is 0 Å². The van der Waals surface area contributed by atoms with Crippen LogP contribution in [0.1, 0.15) is 63.4 Å². The molecule has 0 amide bonds. The number of rotatable bonds is 7. The van der Waals surface area contributed by atoms with Crippen molar-refractivity contribution in [1.82, 2.24) is 4.98 Å². The number of carbonyl (C=O) groups is 1. The third-order valence-electron chi connectivity index (χ3n) is 4.32. The predicted molar refractivity (Wildman–Crippen MR) is 81.6 cm³/mol. The second-order valence-corrected chi connectivity index (χ2v) is 5.94. The number of carboxylic acid groups (broad SMARTS) is 1. The van der Waals surface area contributed by atoms with Gasteiger partial charge in [-0.3, -0.25) is 0 Å². The van der Waals surface area contributed by atoms with Crippen LogP contribution in [0.3, 0.4) is 0 Å². The highest BCUT2D eigenvalue weighted by Gasteiger charge is 2.13. The number of pyridine rings is 1. The van der Waals surface area contributed by atoms with E-state index in [1.165, 1.54) is 51.4 Å². The van der Waals surface area contributed by atoms with Crippen molar-refractivity contribution in [2.24, 2.45) is 5.92 Å². The van der Waals surface area contributed by atoms with Crippen molar-refractivity contribution in [3.05, 3.63) is 23.9 Å². The molecule has 0 bridgehead atoms. The van der Waals surface area contributed by atoms with Crippen LogP contribution in [0, 0.1) is 5.92 Å². The minimum atomic E-state index is -1.30. The Morgan fingerprint density at radius 3 is 2.81 bits per heavy atom. The van der Waals surface area contributed by atoms with E-state index in [1.807, 2.05) is 12.1 Å². The Bertz CT molecular complexity index is 441. The Labute approximate surface area is 126 Å². The highest BCUT2D eigenvalue weighted by Crippen LogP contribution is 2.28. The third kappa shape index (κ3) is 5.74. The van der Waals surface area contributed by atoms with Crippen LogP contribution in [0.5, 0.6) is 5.88 Å². The molecule has 1 aliphatic carbocycles. The van der Waals surface area contributed by atoms with Crippen molar-refractivity contribution < 1.29 is 14.6 Å². The molecule has 0 aliphatic heterocycles. The topological polar surface area (TPSA) is 59.4 Å². The van der Waals surface area contributed by atoms with E-state index >= 15 is 0 Å². The average Bonchev–Trinajstić information content (AvgIpc) is 2.49. The van der Waals surface area contributed by atoms with Crippen LogP contribution < -0.4 is 4.74 Å². The number of hydrogen-bond donors (Lipinski definition) is 1. The maximum atomic E-state index is 10.6. The fraction of sp³-hybridized carbons (Fsp3) is 0.647. The largest absolute Gasteiger partial charge is 0.512 e. The predicted octanol–water partition coefficient (Wildman–Crippen LogP) is 4.82. The van der Waals surface area contributed by atoms with E-state index in [1.54, 1.807) is 6.20 Å². The molecule has 1 heterocycles. The van der Waals surface area contributed by atoms with Gasteiger partial charge in [-0.2, -0.15) is 0 Å². The summed E-state index contributed by atoms with van der Waals surface area (Å²) in [4.78, 5) is 14.6. The molecule has 4 nitrogen and oxygen atoms in total. The van der Waals surface area contributed by atoms with Crippen LogP contribution in [-0.2, 0) is 6.42 Å². The number of ether oxygens (including phenoxy) is 1. The Morgan fingerprint density at radius 1 is 1.24 bits per heavy atom. The number of unbranched alkanes of at least 4 members (excludes halogenated alkanes) is 2. The van der Waals surface area contributed by atoms with Gasteiger partial charge in [0.2, 0.25) is 5.88 Å². The Morgan fingerprint density at radius 2 is 2.05 bits per heavy atom. The molecule has 1 N–H and O–H groups in total. The number of nitrogens with zero attached hydrogens (tertiary/aromatic N) is 1. The van der Waals surface area contributed by atoms with E-state index in [-0.39, 0.29) is 5.88 Å². The molecule has 0 saturated heterocycles. The maximum absolute atomic E-state index is 10.6. The van der Waals surface area contributed by atoms with E-state index in [2.05, 4.69) is 4.98 Å². The highest BCUT2D eigenvalue weighted by molar-refractivity contribution is 5.60. The first kappa shape index (κ1) is 15.8. The lowest BCUT2D eigenvalue weighted by molar-refractivity contribution is 0.142. The number of aryl methyl sites for hydroxylation is 1. The van der Waals surface area contributed by atoms with Gasteiger partial charge in [0, 0.05) is 11.8 Å². The lowest BCUT2D eigenvalue weighted by Crippen LogP contribution is -2.07. The van der Waals surface area contributed by atoms with Crippen molar-refractivity contribution in [2.75, 3.05) is 0 Å². The first-order valence-corrected chi connectivity index (χ1v) is 8.10. The molecule has 0 atom stereocenters. The van der Waals surface area contributed by atoms with Crippen molar-refractivity contribution in [3.8, 4) is 5.88 Å². The van der Waals surface area contributed by atoms with E-state index in [9.17, 15) is 4.79 Å². The van der Waals surface area contributed by atoms with Crippen molar-refractivity contribution in [2.45, 2.75) is 64.2 Å². The molecule has 116 valence electrons. The van der Waals surface area contributed by atoms with Crippen molar-refractivity contribution in [3.63, 3.8) is 0 Å². The monoisotopic (exact) mass is 291 g/mol. The van der Waals surface area contributed by atoms with Crippen LogP contribution in [0.25, 0.3) is 0 Å². The molecule has 0 unspecified atom stereocenters. The molecule has 0 radical (unpaired) electrons. The van der Waals surface area contributed by atoms with Crippen LogP contribution in [0.15, 0.2) is 18.3 Å². The zero-order valence-electron chi connectivity index (χ0n) is 12.6. The lowest BCUT2D eigenvalue weighted by atomic mass is 9.85. The molecular weight excluding hydrogens is 266 g/mol. The van der Waals surface area contributed by atoms with E-state index in [0.717, 1.165) is 24.3 Å². The second kappa shape index (κ2) is 8.65. The summed E-state index contributed by atoms with van der Waals surface area (Å²) in [5, 5.41) is 8.68. The van der Waals surface area contributed by atoms with Gasteiger partial charge in [0.25, 0.3) is 0 Å². The smallest absolute Gasteiger partial charge is 0.449 e. The van der Waals surface area contributed by atoms with Gasteiger partial charge >= 0.3 is 6.16 Å². The van der Waals surface area contributed by atoms with Gasteiger partial charge in [-0.15, -0.1) is 0 Å². The summed E-state index contributed by atoms with van der Waals surface area (Å²) in [5.74, 6) is 1.18. The Hall–Kier alpha value is -1.58. The lowest BCUT2D eigenvalue weighted by Gasteiger charge is -2.21. The Kier molecular flexibility index (Phi) is 6.51. The molecule has 0 aromatic carbocycles. The minimum absolute atomic E-state index is 0.234. The molecule has 1 saturated carbocycles. The standard InChI is InChI=1S/C17H25NO3/c19-17(20)21-16-15(12-7-13-18-16)11-6-2-5-10-14-8-3-1-4-9-14/h7,12-14H,1-6,8-11H2,(H,19,20). The first-order chi connectivity index (χ1) is 10.3. The molecule has 21 heavy (non-hydrogen) atoms. The minimum Gasteiger partial charge on any atom is -0.449 e. The van der Waals surface area contributed by atoms with Gasteiger partial charge in [0.1, 0.15) is 0 Å². The zero-order valence-corrected chi connectivity index (χ0v) is 12.6. The molecule has 0 spiro atoms. The van der Waals surface area contributed by atoms with E-state index in [4.69, 9.17) is 9.84 Å². The van der Waals surface area contributed by atoms with Gasteiger partial charge in [-0.05, 0) is 24.8 Å². The quantitative estimate of drug-likeness (QED) is 0.578. The average molecular weight is 291 g/mol. The van der Waals surface area contributed by atoms with E-state index in [0.29, 0.717) is 0 Å². The summed E-state index contributed by atoms with van der Waals surface area (Å²) in [6.45, 7) is 0. The second-order valence-electron chi connectivity index (χ2n) is 5.94. The van der Waals surface area contributed by atoms with Gasteiger partial charge in [0.05, 0.1) is 0 Å². The van der Waals surface area contributed by atoms with Gasteiger partial charge < -0.3 is 9.84 Å². The zero-order chi connectivity index (χ0) is 14.9. The summed E-state index contributed by atoms with van der Waals surface area (Å²) >= 11 is 0. The fourth-order valence-corrected chi connectivity index (χ4v) is 3.19. The fourth-order valence-electron chi connectivity index (χ4n) is 3.19. The molecule has 4 heteroatoms. The molecular formula is C17H25NO3. The maximum Gasteiger partial charge on any atom is 0.512 e. The normalized spacial score (nSPS) is 15.8. The summed E-state index contributed by atoms with van der Waals surface area (Å²) < 4.78 is 4.70. The van der Waals surface area contributed by atoms with Gasteiger partial charge in [0.15, 0.2) is 0 Å². The number of hydrogen-bond acceptors (Lipinski definition) is 3. The van der Waals surface area contributed by atoms with Gasteiger partial charge in [-0.1, -0.05) is 57.4 Å². The summed E-state index contributed by atoms with van der Waals surface area (Å²) in [7, 11) is 0. The van der Waals surface area contributed by atoms with Crippen molar-refractivity contribution >= 4 is 6.16 Å². The summed E-state index contributed by atoms with van der Waals surface area (Å²) in [6, 6.07) is 3.72. The van der Waals surface area contributed by atoms with Crippen molar-refractivity contribution in [1.29, 1.82) is 0 Å². The Balaban J connectivity index is 1.67.